The Bertz CT molecular complexity index is 680. The van der Waals surface area contributed by atoms with Gasteiger partial charge in [0.05, 0.1) is 25.1 Å². The zero-order valence-electron chi connectivity index (χ0n) is 13.6. The van der Waals surface area contributed by atoms with Gasteiger partial charge in [0, 0.05) is 44.4 Å². The van der Waals surface area contributed by atoms with Gasteiger partial charge >= 0.3 is 0 Å². The maximum absolute atomic E-state index is 13.0. The van der Waals surface area contributed by atoms with E-state index in [2.05, 4.69) is 10.4 Å². The van der Waals surface area contributed by atoms with Gasteiger partial charge in [-0.2, -0.15) is 5.10 Å². The molecule has 1 fully saturated rings. The van der Waals surface area contributed by atoms with Crippen molar-refractivity contribution in [1.29, 1.82) is 0 Å². The minimum Gasteiger partial charge on any atom is -0.378 e. The molecule has 1 aromatic heterocycles. The SMILES string of the molecule is CN(Cc1cnn(-c2ccc(F)cc2)c1)C(=O)C[C@@H]1COCCN1. The molecule has 1 aromatic carbocycles. The summed E-state index contributed by atoms with van der Waals surface area (Å²) in [5, 5.41) is 7.55. The highest BCUT2D eigenvalue weighted by Gasteiger charge is 2.19. The van der Waals surface area contributed by atoms with Crippen LogP contribution in [0.15, 0.2) is 36.7 Å². The molecule has 1 atom stereocenters. The highest BCUT2D eigenvalue weighted by Crippen LogP contribution is 2.11. The van der Waals surface area contributed by atoms with Gasteiger partial charge in [-0.15, -0.1) is 0 Å². The zero-order valence-corrected chi connectivity index (χ0v) is 13.6. The zero-order chi connectivity index (χ0) is 16.9. The summed E-state index contributed by atoms with van der Waals surface area (Å²) in [4.78, 5) is 14.0. The normalized spacial score (nSPS) is 17.7. The number of amides is 1. The van der Waals surface area contributed by atoms with Gasteiger partial charge in [-0.3, -0.25) is 4.79 Å². The van der Waals surface area contributed by atoms with Crippen LogP contribution in [0.25, 0.3) is 5.69 Å². The van der Waals surface area contributed by atoms with Gasteiger partial charge in [-0.1, -0.05) is 0 Å². The second kappa shape index (κ2) is 7.55. The highest BCUT2D eigenvalue weighted by atomic mass is 19.1. The van der Waals surface area contributed by atoms with Crippen LogP contribution in [0.2, 0.25) is 0 Å². The molecule has 2 heterocycles. The smallest absolute Gasteiger partial charge is 0.224 e. The van der Waals surface area contributed by atoms with Crippen LogP contribution in [0.1, 0.15) is 12.0 Å². The van der Waals surface area contributed by atoms with Crippen molar-refractivity contribution >= 4 is 5.91 Å². The minimum absolute atomic E-state index is 0.0625. The van der Waals surface area contributed by atoms with Crippen molar-refractivity contribution in [2.45, 2.75) is 19.0 Å². The summed E-state index contributed by atoms with van der Waals surface area (Å²) >= 11 is 0. The van der Waals surface area contributed by atoms with Gasteiger partial charge < -0.3 is 15.0 Å². The summed E-state index contributed by atoms with van der Waals surface area (Å²) < 4.78 is 20.0. The first-order valence-electron chi connectivity index (χ1n) is 7.96. The van der Waals surface area contributed by atoms with E-state index in [-0.39, 0.29) is 17.8 Å². The summed E-state index contributed by atoms with van der Waals surface area (Å²) in [5.41, 5.74) is 1.70. The Morgan fingerprint density at radius 3 is 2.96 bits per heavy atom. The lowest BCUT2D eigenvalue weighted by Crippen LogP contribution is -2.44. The number of ether oxygens (including phenoxy) is 1. The first-order chi connectivity index (χ1) is 11.6. The van der Waals surface area contributed by atoms with Crippen LogP contribution in [0.5, 0.6) is 0 Å². The van der Waals surface area contributed by atoms with Crippen molar-refractivity contribution in [2.24, 2.45) is 0 Å². The second-order valence-electron chi connectivity index (χ2n) is 5.95. The van der Waals surface area contributed by atoms with Crippen LogP contribution in [0.3, 0.4) is 0 Å². The standard InChI is InChI=1S/C17H21FN4O2/c1-21(17(23)8-15-12-24-7-6-19-15)10-13-9-20-22(11-13)16-4-2-14(18)3-5-16/h2-5,9,11,15,19H,6-8,10,12H2,1H3/t15-/m1/s1. The fourth-order valence-electron chi connectivity index (χ4n) is 2.66. The van der Waals surface area contributed by atoms with Gasteiger partial charge in [-0.25, -0.2) is 9.07 Å². The quantitative estimate of drug-likeness (QED) is 0.898. The number of hydrogen-bond acceptors (Lipinski definition) is 4. The number of benzene rings is 1. The van der Waals surface area contributed by atoms with Crippen LogP contribution in [0, 0.1) is 5.82 Å². The van der Waals surface area contributed by atoms with E-state index in [4.69, 9.17) is 4.74 Å². The van der Waals surface area contributed by atoms with Crippen molar-refractivity contribution < 1.29 is 13.9 Å². The van der Waals surface area contributed by atoms with Crippen LogP contribution in [0.4, 0.5) is 4.39 Å². The molecule has 128 valence electrons. The largest absolute Gasteiger partial charge is 0.378 e. The number of hydrogen-bond donors (Lipinski definition) is 1. The van der Waals surface area contributed by atoms with Gasteiger partial charge in [-0.05, 0) is 24.3 Å². The monoisotopic (exact) mass is 332 g/mol. The van der Waals surface area contributed by atoms with Gasteiger partial charge in [0.1, 0.15) is 5.82 Å². The third kappa shape index (κ3) is 4.18. The predicted octanol–water partition coefficient (Wildman–Crippen LogP) is 1.35. The number of rotatable bonds is 5. The topological polar surface area (TPSA) is 59.4 Å². The third-order valence-electron chi connectivity index (χ3n) is 3.99. The fraction of sp³-hybridized carbons (Fsp3) is 0.412. The molecule has 6 nitrogen and oxygen atoms in total. The lowest BCUT2D eigenvalue weighted by Gasteiger charge is -2.25. The molecule has 1 saturated heterocycles. The molecule has 24 heavy (non-hydrogen) atoms. The minimum atomic E-state index is -0.281. The Morgan fingerprint density at radius 2 is 2.25 bits per heavy atom. The molecule has 7 heteroatoms. The molecule has 0 spiro atoms. The molecule has 1 amide bonds. The summed E-state index contributed by atoms with van der Waals surface area (Å²) in [6.45, 7) is 2.53. The lowest BCUT2D eigenvalue weighted by atomic mass is 10.2. The van der Waals surface area contributed by atoms with Crippen molar-refractivity contribution in [2.75, 3.05) is 26.8 Å². The van der Waals surface area contributed by atoms with Crippen LogP contribution < -0.4 is 5.32 Å². The number of halogens is 1. The molecule has 1 aliphatic rings. The number of aromatic nitrogens is 2. The van der Waals surface area contributed by atoms with Crippen molar-refractivity contribution in [3.63, 3.8) is 0 Å². The van der Waals surface area contributed by atoms with Crippen molar-refractivity contribution in [3.05, 3.63) is 48.0 Å². The molecular weight excluding hydrogens is 311 g/mol. The van der Waals surface area contributed by atoms with Crippen LogP contribution in [-0.4, -0.2) is 53.4 Å². The van der Waals surface area contributed by atoms with E-state index in [9.17, 15) is 9.18 Å². The highest BCUT2D eigenvalue weighted by molar-refractivity contribution is 5.76. The predicted molar refractivity (Wildman–Crippen MR) is 87.2 cm³/mol. The maximum atomic E-state index is 13.0. The first-order valence-corrected chi connectivity index (χ1v) is 7.96. The first kappa shape index (κ1) is 16.6. The molecule has 0 bridgehead atoms. The van der Waals surface area contributed by atoms with E-state index in [1.165, 1.54) is 12.1 Å². The number of nitrogens with zero attached hydrogens (tertiary/aromatic N) is 3. The summed E-state index contributed by atoms with van der Waals surface area (Å²) in [5.74, 6) is -0.218. The van der Waals surface area contributed by atoms with E-state index in [1.54, 1.807) is 35.0 Å². The molecule has 1 N–H and O–H groups in total. The number of carbonyl (C=O) groups is 1. The lowest BCUT2D eigenvalue weighted by molar-refractivity contribution is -0.131. The number of nitrogens with one attached hydrogen (secondary N) is 1. The van der Waals surface area contributed by atoms with Gasteiger partial charge in [0.25, 0.3) is 0 Å². The van der Waals surface area contributed by atoms with E-state index in [0.717, 1.165) is 17.8 Å². The Morgan fingerprint density at radius 1 is 1.46 bits per heavy atom. The molecule has 0 unspecified atom stereocenters. The number of carbonyl (C=O) groups excluding carboxylic acids is 1. The summed E-state index contributed by atoms with van der Waals surface area (Å²) in [6.07, 6.45) is 3.98. The molecule has 1 aliphatic heterocycles. The van der Waals surface area contributed by atoms with E-state index in [0.29, 0.717) is 26.2 Å². The third-order valence-corrected chi connectivity index (χ3v) is 3.99. The Kier molecular flexibility index (Phi) is 5.22. The molecule has 0 aliphatic carbocycles. The summed E-state index contributed by atoms with van der Waals surface area (Å²) in [6, 6.07) is 6.19. The fourth-order valence-corrected chi connectivity index (χ4v) is 2.66. The Balaban J connectivity index is 1.57. The molecule has 0 saturated carbocycles. The summed E-state index contributed by atoms with van der Waals surface area (Å²) in [7, 11) is 1.78. The van der Waals surface area contributed by atoms with E-state index in [1.807, 2.05) is 6.20 Å². The Labute approximate surface area is 140 Å². The molecular formula is C17H21FN4O2. The van der Waals surface area contributed by atoms with E-state index >= 15 is 0 Å². The number of morpholine rings is 1. The average molecular weight is 332 g/mol. The average Bonchev–Trinajstić information content (AvgIpc) is 3.05. The van der Waals surface area contributed by atoms with Crippen LogP contribution >= 0.6 is 0 Å². The van der Waals surface area contributed by atoms with E-state index < -0.39 is 0 Å². The van der Waals surface area contributed by atoms with Crippen molar-refractivity contribution in [3.8, 4) is 5.69 Å². The maximum Gasteiger partial charge on any atom is 0.224 e. The van der Waals surface area contributed by atoms with Crippen LogP contribution in [-0.2, 0) is 16.1 Å². The van der Waals surface area contributed by atoms with Gasteiger partial charge in [0.15, 0.2) is 0 Å². The Hall–Kier alpha value is -2.25. The second-order valence-corrected chi connectivity index (χ2v) is 5.95. The molecule has 3 rings (SSSR count). The molecule has 2 aromatic rings. The van der Waals surface area contributed by atoms with Gasteiger partial charge in [0.2, 0.25) is 5.91 Å². The van der Waals surface area contributed by atoms with Crippen molar-refractivity contribution in [1.82, 2.24) is 20.0 Å². The molecule has 0 radical (unpaired) electrons.